The molecule has 0 saturated heterocycles. The van der Waals surface area contributed by atoms with E-state index in [9.17, 15) is 4.79 Å². The molecule has 0 spiro atoms. The molecular weight excluding hydrogens is 358 g/mol. The summed E-state index contributed by atoms with van der Waals surface area (Å²) in [6.07, 6.45) is 2.30. The zero-order valence-electron chi connectivity index (χ0n) is 10.8. The monoisotopic (exact) mass is 375 g/mol. The van der Waals surface area contributed by atoms with Gasteiger partial charge in [-0.05, 0) is 30.5 Å². The van der Waals surface area contributed by atoms with Crippen LogP contribution in [0, 0.1) is 0 Å². The van der Waals surface area contributed by atoms with Crippen LogP contribution >= 0.6 is 31.9 Å². The van der Waals surface area contributed by atoms with Crippen LogP contribution in [-0.2, 0) is 11.2 Å². The quantitative estimate of drug-likeness (QED) is 0.745. The van der Waals surface area contributed by atoms with Gasteiger partial charge < -0.3 is 5.32 Å². The predicted molar refractivity (Wildman–Crippen MR) is 83.1 cm³/mol. The third kappa shape index (κ3) is 4.39. The molecule has 1 N–H and O–H groups in total. The zero-order valence-corrected chi connectivity index (χ0v) is 14.0. The molecule has 1 rings (SSSR count). The van der Waals surface area contributed by atoms with Crippen molar-refractivity contribution in [2.24, 2.45) is 0 Å². The van der Waals surface area contributed by atoms with E-state index in [0.717, 1.165) is 28.2 Å². The fourth-order valence-corrected chi connectivity index (χ4v) is 2.97. The molecular formula is C14H19Br2NO. The van der Waals surface area contributed by atoms with Gasteiger partial charge in [0, 0.05) is 15.3 Å². The standard InChI is InChI=1S/C14H19Br2NO/c1-3-14(4-2,10-15)17-13(18)9-11-5-7-12(16)8-6-11/h5-8H,3-4,9-10H2,1-2H3,(H,17,18). The lowest BCUT2D eigenvalue weighted by Gasteiger charge is -2.31. The summed E-state index contributed by atoms with van der Waals surface area (Å²) in [5.74, 6) is 0.0838. The Bertz CT molecular complexity index is 377. The van der Waals surface area contributed by atoms with Gasteiger partial charge in [0.2, 0.25) is 5.91 Å². The van der Waals surface area contributed by atoms with Gasteiger partial charge in [0.1, 0.15) is 0 Å². The van der Waals surface area contributed by atoms with Crippen molar-refractivity contribution >= 4 is 37.8 Å². The Morgan fingerprint density at radius 2 is 1.78 bits per heavy atom. The van der Waals surface area contributed by atoms with Crippen molar-refractivity contribution in [1.29, 1.82) is 0 Å². The number of halogens is 2. The van der Waals surface area contributed by atoms with Crippen LogP contribution in [0.3, 0.4) is 0 Å². The average Bonchev–Trinajstić information content (AvgIpc) is 2.39. The second-order valence-corrected chi connectivity index (χ2v) is 5.95. The van der Waals surface area contributed by atoms with Gasteiger partial charge in [-0.2, -0.15) is 0 Å². The first-order chi connectivity index (χ1) is 8.55. The summed E-state index contributed by atoms with van der Waals surface area (Å²) in [6, 6.07) is 7.86. The second-order valence-electron chi connectivity index (χ2n) is 4.47. The number of rotatable bonds is 6. The normalized spacial score (nSPS) is 11.3. The minimum absolute atomic E-state index is 0.0838. The third-order valence-corrected chi connectivity index (χ3v) is 4.89. The van der Waals surface area contributed by atoms with Crippen molar-refractivity contribution in [3.05, 3.63) is 34.3 Å². The molecule has 18 heavy (non-hydrogen) atoms. The smallest absolute Gasteiger partial charge is 0.224 e. The molecule has 0 unspecified atom stereocenters. The zero-order chi connectivity index (χ0) is 13.6. The number of benzene rings is 1. The molecule has 0 bridgehead atoms. The maximum atomic E-state index is 12.0. The molecule has 1 amide bonds. The van der Waals surface area contributed by atoms with Crippen molar-refractivity contribution < 1.29 is 4.79 Å². The molecule has 0 radical (unpaired) electrons. The maximum Gasteiger partial charge on any atom is 0.224 e. The molecule has 0 aliphatic rings. The van der Waals surface area contributed by atoms with Crippen LogP contribution in [0.4, 0.5) is 0 Å². The lowest BCUT2D eigenvalue weighted by Crippen LogP contribution is -2.49. The van der Waals surface area contributed by atoms with Crippen LogP contribution in [0.5, 0.6) is 0 Å². The molecule has 4 heteroatoms. The van der Waals surface area contributed by atoms with E-state index in [0.29, 0.717) is 6.42 Å². The number of carbonyl (C=O) groups is 1. The Hall–Kier alpha value is -0.350. The highest BCUT2D eigenvalue weighted by Gasteiger charge is 2.26. The van der Waals surface area contributed by atoms with E-state index in [2.05, 4.69) is 51.0 Å². The summed E-state index contributed by atoms with van der Waals surface area (Å²) in [4.78, 5) is 12.0. The van der Waals surface area contributed by atoms with Crippen LogP contribution in [-0.4, -0.2) is 16.8 Å². The first-order valence-electron chi connectivity index (χ1n) is 6.16. The second kappa shape index (κ2) is 7.29. The lowest BCUT2D eigenvalue weighted by molar-refractivity contribution is -0.122. The summed E-state index contributed by atoms with van der Waals surface area (Å²) in [6.45, 7) is 4.20. The van der Waals surface area contributed by atoms with Crippen molar-refractivity contribution in [1.82, 2.24) is 5.32 Å². The SMILES string of the molecule is CCC(CC)(CBr)NC(=O)Cc1ccc(Br)cc1. The van der Waals surface area contributed by atoms with Crippen LogP contribution in [0.25, 0.3) is 0 Å². The highest BCUT2D eigenvalue weighted by atomic mass is 79.9. The summed E-state index contributed by atoms with van der Waals surface area (Å²) in [5, 5.41) is 3.94. The first-order valence-corrected chi connectivity index (χ1v) is 8.08. The molecule has 2 nitrogen and oxygen atoms in total. The summed E-state index contributed by atoms with van der Waals surface area (Å²) in [7, 11) is 0. The number of hydrogen-bond donors (Lipinski definition) is 1. The number of alkyl halides is 1. The first kappa shape index (κ1) is 15.7. The average molecular weight is 377 g/mol. The predicted octanol–water partition coefficient (Wildman–Crippen LogP) is 4.06. The summed E-state index contributed by atoms with van der Waals surface area (Å²) >= 11 is 6.88. The Morgan fingerprint density at radius 1 is 1.22 bits per heavy atom. The molecule has 0 aromatic heterocycles. The van der Waals surface area contributed by atoms with Gasteiger partial charge in [-0.15, -0.1) is 0 Å². The molecule has 0 fully saturated rings. The highest BCUT2D eigenvalue weighted by molar-refractivity contribution is 9.10. The van der Waals surface area contributed by atoms with Gasteiger partial charge in [0.25, 0.3) is 0 Å². The minimum Gasteiger partial charge on any atom is -0.350 e. The molecule has 0 heterocycles. The van der Waals surface area contributed by atoms with Crippen LogP contribution < -0.4 is 5.32 Å². The summed E-state index contributed by atoms with van der Waals surface area (Å²) < 4.78 is 1.03. The van der Waals surface area contributed by atoms with Crippen molar-refractivity contribution in [3.63, 3.8) is 0 Å². The summed E-state index contributed by atoms with van der Waals surface area (Å²) in [5.41, 5.74) is 0.915. The molecule has 1 aromatic rings. The number of amides is 1. The molecule has 100 valence electrons. The van der Waals surface area contributed by atoms with E-state index < -0.39 is 0 Å². The maximum absolute atomic E-state index is 12.0. The van der Waals surface area contributed by atoms with E-state index in [1.807, 2.05) is 24.3 Å². The number of carbonyl (C=O) groups excluding carboxylic acids is 1. The number of nitrogens with one attached hydrogen (secondary N) is 1. The van der Waals surface area contributed by atoms with Gasteiger partial charge in [-0.3, -0.25) is 4.79 Å². The Kier molecular flexibility index (Phi) is 6.36. The van der Waals surface area contributed by atoms with Gasteiger partial charge in [-0.25, -0.2) is 0 Å². The van der Waals surface area contributed by atoms with Crippen LogP contribution in [0.15, 0.2) is 28.7 Å². The molecule has 0 atom stereocenters. The fourth-order valence-electron chi connectivity index (χ4n) is 1.78. The Morgan fingerprint density at radius 3 is 2.22 bits per heavy atom. The van der Waals surface area contributed by atoms with Crippen molar-refractivity contribution in [2.75, 3.05) is 5.33 Å². The largest absolute Gasteiger partial charge is 0.350 e. The topological polar surface area (TPSA) is 29.1 Å². The molecule has 0 saturated carbocycles. The van der Waals surface area contributed by atoms with Gasteiger partial charge in [0.15, 0.2) is 0 Å². The van der Waals surface area contributed by atoms with Gasteiger partial charge >= 0.3 is 0 Å². The van der Waals surface area contributed by atoms with Crippen LogP contribution in [0.2, 0.25) is 0 Å². The van der Waals surface area contributed by atoms with Gasteiger partial charge in [0.05, 0.1) is 6.42 Å². The molecule has 0 aliphatic carbocycles. The third-order valence-electron chi connectivity index (χ3n) is 3.29. The van der Waals surface area contributed by atoms with Crippen molar-refractivity contribution in [2.45, 2.75) is 38.6 Å². The molecule has 1 aromatic carbocycles. The van der Waals surface area contributed by atoms with E-state index in [4.69, 9.17) is 0 Å². The van der Waals surface area contributed by atoms with Crippen LogP contribution in [0.1, 0.15) is 32.3 Å². The lowest BCUT2D eigenvalue weighted by atomic mass is 9.95. The van der Waals surface area contributed by atoms with E-state index in [-0.39, 0.29) is 11.4 Å². The van der Waals surface area contributed by atoms with E-state index >= 15 is 0 Å². The number of hydrogen-bond acceptors (Lipinski definition) is 1. The molecule has 0 aliphatic heterocycles. The van der Waals surface area contributed by atoms with Crippen molar-refractivity contribution in [3.8, 4) is 0 Å². The fraction of sp³-hybridized carbons (Fsp3) is 0.500. The van der Waals surface area contributed by atoms with Gasteiger partial charge in [-0.1, -0.05) is 57.8 Å². The van der Waals surface area contributed by atoms with E-state index in [1.54, 1.807) is 0 Å². The highest BCUT2D eigenvalue weighted by Crippen LogP contribution is 2.18. The minimum atomic E-state index is -0.119. The Balaban J connectivity index is 2.63. The Labute approximate surface area is 126 Å². The van der Waals surface area contributed by atoms with E-state index in [1.165, 1.54) is 0 Å².